The van der Waals surface area contributed by atoms with Crippen molar-refractivity contribution in [1.82, 2.24) is 5.32 Å². The number of carbonyl (C=O) groups is 4. The molecule has 1 fully saturated rings. The molecule has 0 radical (unpaired) electrons. The minimum atomic E-state index is -1.20. The summed E-state index contributed by atoms with van der Waals surface area (Å²) in [4.78, 5) is 47.1. The fourth-order valence-electron chi connectivity index (χ4n) is 4.25. The molecule has 0 bridgehead atoms. The summed E-state index contributed by atoms with van der Waals surface area (Å²) in [6.45, 7) is 6.41. The van der Waals surface area contributed by atoms with Crippen molar-refractivity contribution in [2.24, 2.45) is 0 Å². The molecule has 1 aromatic rings. The molecule has 0 saturated carbocycles. The van der Waals surface area contributed by atoms with Crippen LogP contribution in [0.5, 0.6) is 0 Å². The van der Waals surface area contributed by atoms with Gasteiger partial charge >= 0.3 is 17.9 Å². The molecule has 254 valence electrons. The first kappa shape index (κ1) is 38.0. The summed E-state index contributed by atoms with van der Waals surface area (Å²) < 4.78 is 49.4. The molecule has 0 aliphatic carbocycles. The van der Waals surface area contributed by atoms with Crippen molar-refractivity contribution in [3.63, 3.8) is 0 Å². The van der Waals surface area contributed by atoms with Crippen molar-refractivity contribution in [3.8, 4) is 0 Å². The molecule has 1 heterocycles. The van der Waals surface area contributed by atoms with Crippen LogP contribution in [-0.2, 0) is 68.4 Å². The van der Waals surface area contributed by atoms with E-state index in [9.17, 15) is 24.3 Å². The Morgan fingerprint density at radius 3 is 1.96 bits per heavy atom. The molecule has 0 spiro atoms. The van der Waals surface area contributed by atoms with E-state index in [1.807, 2.05) is 30.3 Å². The molecule has 0 aromatic heterocycles. The zero-order chi connectivity index (χ0) is 33.0. The van der Waals surface area contributed by atoms with Crippen molar-refractivity contribution in [2.45, 2.75) is 71.0 Å². The van der Waals surface area contributed by atoms with E-state index in [1.165, 1.54) is 13.8 Å². The van der Waals surface area contributed by atoms with Gasteiger partial charge in [-0.15, -0.1) is 0 Å². The monoisotopic (exact) mass is 643 g/mol. The predicted molar refractivity (Wildman–Crippen MR) is 155 cm³/mol. The minimum absolute atomic E-state index is 0.0133. The number of hydrogen-bond donors (Lipinski definition) is 2. The van der Waals surface area contributed by atoms with Crippen LogP contribution < -0.4 is 5.32 Å². The van der Waals surface area contributed by atoms with Gasteiger partial charge in [-0.1, -0.05) is 30.3 Å². The Kier molecular flexibility index (Phi) is 18.2. The van der Waals surface area contributed by atoms with Gasteiger partial charge in [0.15, 0.2) is 18.5 Å². The topological polar surface area (TPSA) is 184 Å². The number of aliphatic hydroxyl groups is 1. The summed E-state index contributed by atoms with van der Waals surface area (Å²) in [5.74, 6) is -2.47. The van der Waals surface area contributed by atoms with E-state index < -0.39 is 60.6 Å². The summed E-state index contributed by atoms with van der Waals surface area (Å²) in [6, 6.07) is 8.61. The number of aliphatic hydroxyl groups excluding tert-OH is 1. The van der Waals surface area contributed by atoms with Crippen LogP contribution in [0.2, 0.25) is 0 Å². The first-order valence-electron chi connectivity index (χ1n) is 14.6. The average Bonchev–Trinajstić information content (AvgIpc) is 2.97. The van der Waals surface area contributed by atoms with E-state index in [1.54, 1.807) is 0 Å². The Labute approximate surface area is 262 Å². The third-order valence-corrected chi connectivity index (χ3v) is 6.06. The molecule has 1 amide bonds. The molecule has 1 aliphatic rings. The second-order valence-corrected chi connectivity index (χ2v) is 10.0. The number of esters is 3. The Morgan fingerprint density at radius 1 is 0.778 bits per heavy atom. The lowest BCUT2D eigenvalue weighted by atomic mass is 9.96. The Bertz CT molecular complexity index is 1030. The summed E-state index contributed by atoms with van der Waals surface area (Å²) in [6.07, 6.45) is -5.37. The van der Waals surface area contributed by atoms with Crippen LogP contribution >= 0.6 is 0 Å². The first-order chi connectivity index (χ1) is 21.6. The maximum Gasteiger partial charge on any atom is 0.303 e. The first-order valence-corrected chi connectivity index (χ1v) is 14.6. The van der Waals surface area contributed by atoms with Crippen LogP contribution in [0.4, 0.5) is 0 Å². The third kappa shape index (κ3) is 16.1. The quantitative estimate of drug-likeness (QED) is 0.106. The fraction of sp³-hybridized carbons (Fsp3) is 0.667. The lowest BCUT2D eigenvalue weighted by molar-refractivity contribution is -0.279. The summed E-state index contributed by atoms with van der Waals surface area (Å²) in [7, 11) is 0. The lowest BCUT2D eigenvalue weighted by Crippen LogP contribution is -2.66. The molecular formula is C30H45NO14. The Hall–Kier alpha value is -3.18. The SMILES string of the molecule is CC(=O)N[C@H]1[C@H](OCCOCCOCCOC[C@@H](O)COCc2ccccc2)O[C@H](COC(C)=O)[C@H](OC(C)=O)[C@@H]1OC(C)=O. The third-order valence-electron chi connectivity index (χ3n) is 6.06. The summed E-state index contributed by atoms with van der Waals surface area (Å²) in [5, 5.41) is 12.6. The van der Waals surface area contributed by atoms with E-state index >= 15 is 0 Å². The van der Waals surface area contributed by atoms with E-state index in [0.29, 0.717) is 13.2 Å². The van der Waals surface area contributed by atoms with E-state index in [2.05, 4.69) is 5.32 Å². The molecule has 15 heteroatoms. The van der Waals surface area contributed by atoms with Crippen LogP contribution in [-0.4, -0.2) is 125 Å². The summed E-state index contributed by atoms with van der Waals surface area (Å²) >= 11 is 0. The number of amides is 1. The number of nitrogens with one attached hydrogen (secondary N) is 1. The van der Waals surface area contributed by atoms with Gasteiger partial charge in [0, 0.05) is 27.7 Å². The smallest absolute Gasteiger partial charge is 0.303 e. The van der Waals surface area contributed by atoms with Crippen molar-refractivity contribution in [3.05, 3.63) is 35.9 Å². The number of rotatable bonds is 21. The van der Waals surface area contributed by atoms with Gasteiger partial charge in [0.2, 0.25) is 5.91 Å². The molecule has 2 N–H and O–H groups in total. The zero-order valence-electron chi connectivity index (χ0n) is 26.2. The van der Waals surface area contributed by atoms with Crippen LogP contribution in [0.25, 0.3) is 0 Å². The van der Waals surface area contributed by atoms with Crippen molar-refractivity contribution in [1.29, 1.82) is 0 Å². The van der Waals surface area contributed by atoms with Crippen LogP contribution in [0.1, 0.15) is 33.3 Å². The van der Waals surface area contributed by atoms with Gasteiger partial charge in [0.05, 0.1) is 59.5 Å². The van der Waals surface area contributed by atoms with Gasteiger partial charge in [-0.05, 0) is 5.56 Å². The largest absolute Gasteiger partial charge is 0.463 e. The maximum atomic E-state index is 12.0. The normalized spacial score (nSPS) is 21.8. The lowest BCUT2D eigenvalue weighted by Gasteiger charge is -2.44. The van der Waals surface area contributed by atoms with Gasteiger partial charge in [0.1, 0.15) is 24.9 Å². The maximum absolute atomic E-state index is 12.0. The number of ether oxygens (including phenoxy) is 9. The Balaban J connectivity index is 1.71. The van der Waals surface area contributed by atoms with Crippen molar-refractivity contribution >= 4 is 23.8 Å². The molecule has 2 rings (SSSR count). The van der Waals surface area contributed by atoms with Crippen molar-refractivity contribution in [2.75, 3.05) is 59.5 Å². The minimum Gasteiger partial charge on any atom is -0.463 e. The standard InChI is InChI=1S/C30H45NO14/c1-20(32)31-27-29(44-23(4)35)28(43-22(3)34)26(19-42-21(2)33)45-30(27)41-15-14-38-11-10-37-12-13-39-17-25(36)18-40-16-24-8-6-5-7-9-24/h5-9,25-30,36H,10-19H2,1-4H3,(H,31,32)/t25-,26-,27-,28+,29-,30-/m1/s1. The number of carbonyl (C=O) groups excluding carboxylic acids is 4. The molecule has 15 nitrogen and oxygen atoms in total. The fourth-order valence-corrected chi connectivity index (χ4v) is 4.25. The van der Waals surface area contributed by atoms with E-state index in [4.69, 9.17) is 42.6 Å². The molecule has 6 atom stereocenters. The van der Waals surface area contributed by atoms with Crippen LogP contribution in [0.15, 0.2) is 30.3 Å². The highest BCUT2D eigenvalue weighted by molar-refractivity contribution is 5.73. The molecular weight excluding hydrogens is 598 g/mol. The molecule has 0 unspecified atom stereocenters. The van der Waals surface area contributed by atoms with Gasteiger partial charge in [-0.3, -0.25) is 19.2 Å². The highest BCUT2D eigenvalue weighted by atomic mass is 16.7. The van der Waals surface area contributed by atoms with Gasteiger partial charge < -0.3 is 53.1 Å². The molecule has 45 heavy (non-hydrogen) atoms. The number of hydrogen-bond acceptors (Lipinski definition) is 14. The highest BCUT2D eigenvalue weighted by Crippen LogP contribution is 2.28. The van der Waals surface area contributed by atoms with Gasteiger partial charge in [-0.25, -0.2) is 0 Å². The number of benzene rings is 1. The van der Waals surface area contributed by atoms with Crippen molar-refractivity contribution < 1.29 is 66.9 Å². The van der Waals surface area contributed by atoms with E-state index in [-0.39, 0.29) is 52.9 Å². The second-order valence-electron chi connectivity index (χ2n) is 10.0. The molecule has 1 aromatic carbocycles. The Morgan fingerprint density at radius 2 is 1.36 bits per heavy atom. The average molecular weight is 644 g/mol. The van der Waals surface area contributed by atoms with Gasteiger partial charge in [0.25, 0.3) is 0 Å². The predicted octanol–water partition coefficient (Wildman–Crippen LogP) is 0.287. The highest BCUT2D eigenvalue weighted by Gasteiger charge is 2.51. The summed E-state index contributed by atoms with van der Waals surface area (Å²) in [5.41, 5.74) is 1.02. The van der Waals surface area contributed by atoms with Crippen LogP contribution in [0, 0.1) is 0 Å². The second kappa shape index (κ2) is 21.5. The van der Waals surface area contributed by atoms with Gasteiger partial charge in [-0.2, -0.15) is 0 Å². The molecule has 1 saturated heterocycles. The zero-order valence-corrected chi connectivity index (χ0v) is 26.2. The van der Waals surface area contributed by atoms with E-state index in [0.717, 1.165) is 19.4 Å². The van der Waals surface area contributed by atoms with Crippen LogP contribution in [0.3, 0.4) is 0 Å². The molecule has 1 aliphatic heterocycles.